The smallest absolute Gasteiger partial charge is 0.388 e. The molecule has 0 aliphatic carbocycles. The van der Waals surface area contributed by atoms with E-state index in [0.717, 1.165) is 0 Å². The van der Waals surface area contributed by atoms with Crippen LogP contribution in [0.4, 0.5) is 0 Å². The number of phosphoric ester groups is 2. The van der Waals surface area contributed by atoms with Crippen LogP contribution >= 0.6 is 15.6 Å². The molecule has 0 rings (SSSR count). The number of aliphatic hydroxyl groups is 5. The molecule has 0 saturated carbocycles. The molecule has 0 fully saturated rings. The Bertz CT molecular complexity index is 511. The minimum Gasteiger partial charge on any atom is -0.388 e. The van der Waals surface area contributed by atoms with Crippen LogP contribution in [0.15, 0.2) is 0 Å². The van der Waals surface area contributed by atoms with Crippen molar-refractivity contribution in [2.75, 3.05) is 19.8 Å². The molecule has 0 aromatic rings. The standard InChI is InChI=1S/C6H13O9P.C3H7O6P/c7-1-3(8)5(10)6(11)4(9)2-15-16(12,13)14;4-1-3(5)2-9-10(6,7)8/h4-7,9-11H,1-2H2,(H2,12,13,14);1,3,5H,2H2,(H2,6,7,8)/t4-,5-,6-;/m1./s1. The number of Topliss-reactive ketones (excluding diaryl/α,β-unsaturated/α-hetero) is 1. The molecule has 15 nitrogen and oxygen atoms in total. The normalized spacial score (nSPS) is 16.7. The average molecular weight is 430 g/mol. The van der Waals surface area contributed by atoms with Crippen LogP contribution in [-0.2, 0) is 27.8 Å². The van der Waals surface area contributed by atoms with Gasteiger partial charge in [0, 0.05) is 0 Å². The van der Waals surface area contributed by atoms with Gasteiger partial charge in [-0.2, -0.15) is 0 Å². The zero-order valence-corrected chi connectivity index (χ0v) is 14.7. The van der Waals surface area contributed by atoms with E-state index >= 15 is 0 Å². The second-order valence-electron chi connectivity index (χ2n) is 4.40. The minimum absolute atomic E-state index is 0.121. The van der Waals surface area contributed by atoms with Gasteiger partial charge in [0.25, 0.3) is 0 Å². The van der Waals surface area contributed by atoms with Crippen LogP contribution in [0.25, 0.3) is 0 Å². The highest BCUT2D eigenvalue weighted by Crippen LogP contribution is 2.36. The van der Waals surface area contributed by atoms with Crippen LogP contribution in [0.3, 0.4) is 0 Å². The maximum Gasteiger partial charge on any atom is 0.469 e. The molecule has 0 saturated heterocycles. The van der Waals surface area contributed by atoms with Crippen molar-refractivity contribution in [2.24, 2.45) is 0 Å². The molecule has 0 heterocycles. The first-order valence-corrected chi connectivity index (χ1v) is 9.42. The molecule has 26 heavy (non-hydrogen) atoms. The van der Waals surface area contributed by atoms with Crippen molar-refractivity contribution < 1.29 is 72.9 Å². The molecule has 0 aliphatic heterocycles. The van der Waals surface area contributed by atoms with Gasteiger partial charge in [0.1, 0.15) is 31.0 Å². The largest absolute Gasteiger partial charge is 0.469 e. The number of carbonyl (C=O) groups is 2. The molecular weight excluding hydrogens is 410 g/mol. The summed E-state index contributed by atoms with van der Waals surface area (Å²) in [5, 5.41) is 43.9. The highest BCUT2D eigenvalue weighted by atomic mass is 31.2. The Hall–Kier alpha value is -0.640. The summed E-state index contributed by atoms with van der Waals surface area (Å²) in [5.41, 5.74) is 0. The van der Waals surface area contributed by atoms with E-state index in [0.29, 0.717) is 0 Å². The van der Waals surface area contributed by atoms with Gasteiger partial charge in [0.15, 0.2) is 12.1 Å². The third-order valence-electron chi connectivity index (χ3n) is 2.19. The molecule has 4 atom stereocenters. The Balaban J connectivity index is 0. The maximum absolute atomic E-state index is 10.7. The lowest BCUT2D eigenvalue weighted by Gasteiger charge is -2.21. The average Bonchev–Trinajstić information content (AvgIpc) is 2.54. The predicted octanol–water partition coefficient (Wildman–Crippen LogP) is -4.60. The molecule has 0 aromatic heterocycles. The van der Waals surface area contributed by atoms with Crippen molar-refractivity contribution in [3.8, 4) is 0 Å². The van der Waals surface area contributed by atoms with Crippen LogP contribution in [-0.4, -0.2) is 101 Å². The van der Waals surface area contributed by atoms with Gasteiger partial charge in [-0.05, 0) is 0 Å². The fraction of sp³-hybridized carbons (Fsp3) is 0.778. The van der Waals surface area contributed by atoms with Gasteiger partial charge >= 0.3 is 15.6 Å². The maximum atomic E-state index is 10.7. The molecular formula is C9H20O15P2. The van der Waals surface area contributed by atoms with Crippen molar-refractivity contribution in [2.45, 2.75) is 24.4 Å². The molecule has 156 valence electrons. The van der Waals surface area contributed by atoms with Crippen LogP contribution in [0.5, 0.6) is 0 Å². The van der Waals surface area contributed by atoms with Crippen molar-refractivity contribution >= 4 is 27.7 Å². The summed E-state index contributed by atoms with van der Waals surface area (Å²) in [6.07, 6.45) is -7.30. The van der Waals surface area contributed by atoms with E-state index in [9.17, 15) is 18.7 Å². The van der Waals surface area contributed by atoms with Gasteiger partial charge in [-0.15, -0.1) is 0 Å². The topological polar surface area (TPSA) is 269 Å². The van der Waals surface area contributed by atoms with Crippen molar-refractivity contribution in [1.82, 2.24) is 0 Å². The van der Waals surface area contributed by atoms with Gasteiger partial charge in [0.2, 0.25) is 0 Å². The molecule has 0 spiro atoms. The first-order chi connectivity index (χ1) is 11.6. The molecule has 1 unspecified atom stereocenters. The summed E-state index contributed by atoms with van der Waals surface area (Å²) in [7, 11) is -9.36. The lowest BCUT2D eigenvalue weighted by Crippen LogP contribution is -2.45. The molecule has 0 aliphatic rings. The van der Waals surface area contributed by atoms with Crippen molar-refractivity contribution in [3.05, 3.63) is 0 Å². The number of aldehydes is 1. The second-order valence-corrected chi connectivity index (χ2v) is 6.88. The minimum atomic E-state index is -4.81. The Morgan fingerprint density at radius 3 is 1.69 bits per heavy atom. The molecule has 0 amide bonds. The lowest BCUT2D eigenvalue weighted by molar-refractivity contribution is -0.142. The molecule has 9 N–H and O–H groups in total. The summed E-state index contributed by atoms with van der Waals surface area (Å²) < 4.78 is 27.7. The predicted molar refractivity (Wildman–Crippen MR) is 78.2 cm³/mol. The summed E-state index contributed by atoms with van der Waals surface area (Å²) in [5.74, 6) is -1.14. The number of hydrogen-bond acceptors (Lipinski definition) is 11. The van der Waals surface area contributed by atoms with Gasteiger partial charge < -0.3 is 49.9 Å². The van der Waals surface area contributed by atoms with Crippen molar-refractivity contribution in [3.63, 3.8) is 0 Å². The van der Waals surface area contributed by atoms with E-state index in [1.165, 1.54) is 0 Å². The number of hydrogen-bond donors (Lipinski definition) is 9. The second kappa shape index (κ2) is 12.7. The summed E-state index contributed by atoms with van der Waals surface area (Å²) >= 11 is 0. The zero-order chi connectivity index (χ0) is 21.1. The SMILES string of the molecule is O=C(CO)[C@@H](O)[C@H](O)[C@H](O)COP(=O)(O)O.O=CC(O)COP(=O)(O)O. The highest BCUT2D eigenvalue weighted by Gasteiger charge is 2.31. The Morgan fingerprint density at radius 2 is 1.35 bits per heavy atom. The zero-order valence-electron chi connectivity index (χ0n) is 12.9. The number of phosphoric acid groups is 2. The van der Waals surface area contributed by atoms with Crippen LogP contribution < -0.4 is 0 Å². The van der Waals surface area contributed by atoms with E-state index in [2.05, 4.69) is 9.05 Å². The Labute approximate surface area is 145 Å². The molecule has 0 aromatic carbocycles. The summed E-state index contributed by atoms with van der Waals surface area (Å²) in [4.78, 5) is 52.9. The molecule has 0 bridgehead atoms. The number of ketones is 1. The monoisotopic (exact) mass is 430 g/mol. The first-order valence-electron chi connectivity index (χ1n) is 6.36. The summed E-state index contributed by atoms with van der Waals surface area (Å²) in [6, 6.07) is 0. The van der Waals surface area contributed by atoms with E-state index in [-0.39, 0.29) is 6.29 Å². The van der Waals surface area contributed by atoms with Crippen LogP contribution in [0, 0.1) is 0 Å². The van der Waals surface area contributed by atoms with Gasteiger partial charge in [0.05, 0.1) is 13.2 Å². The van der Waals surface area contributed by atoms with E-state index in [4.69, 9.17) is 45.1 Å². The van der Waals surface area contributed by atoms with E-state index < -0.39 is 65.7 Å². The Kier molecular flexibility index (Phi) is 13.5. The van der Waals surface area contributed by atoms with Crippen molar-refractivity contribution in [1.29, 1.82) is 0 Å². The fourth-order valence-corrected chi connectivity index (χ4v) is 1.67. The quantitative estimate of drug-likeness (QED) is 0.110. The van der Waals surface area contributed by atoms with Crippen LogP contribution in [0.2, 0.25) is 0 Å². The first kappa shape index (κ1) is 27.6. The Morgan fingerprint density at radius 1 is 0.923 bits per heavy atom. The summed E-state index contributed by atoms with van der Waals surface area (Å²) in [6.45, 7) is -2.70. The van der Waals surface area contributed by atoms with Gasteiger partial charge in [-0.3, -0.25) is 13.8 Å². The fourth-order valence-electron chi connectivity index (χ4n) is 0.979. The third kappa shape index (κ3) is 15.6. The molecule has 17 heteroatoms. The number of aliphatic hydroxyl groups excluding tert-OH is 5. The lowest BCUT2D eigenvalue weighted by atomic mass is 10.1. The van der Waals surface area contributed by atoms with E-state index in [1.807, 2.05) is 0 Å². The third-order valence-corrected chi connectivity index (χ3v) is 3.16. The van der Waals surface area contributed by atoms with Gasteiger partial charge in [-0.25, -0.2) is 9.13 Å². The van der Waals surface area contributed by atoms with E-state index in [1.54, 1.807) is 0 Å². The van der Waals surface area contributed by atoms with Gasteiger partial charge in [-0.1, -0.05) is 0 Å². The highest BCUT2D eigenvalue weighted by molar-refractivity contribution is 7.46. The molecule has 0 radical (unpaired) electrons. The number of rotatable bonds is 11. The number of carbonyl (C=O) groups excluding carboxylic acids is 2. The van der Waals surface area contributed by atoms with Crippen LogP contribution in [0.1, 0.15) is 0 Å².